The van der Waals surface area contributed by atoms with Crippen molar-refractivity contribution in [2.24, 2.45) is 0 Å². The Labute approximate surface area is 157 Å². The van der Waals surface area contributed by atoms with Gasteiger partial charge in [-0.1, -0.05) is 0 Å². The summed E-state index contributed by atoms with van der Waals surface area (Å²) in [6.45, 7) is 5.63. The van der Waals surface area contributed by atoms with Crippen LogP contribution >= 0.6 is 0 Å². The van der Waals surface area contributed by atoms with Crippen molar-refractivity contribution in [3.63, 3.8) is 0 Å². The maximum absolute atomic E-state index is 6.10. The van der Waals surface area contributed by atoms with Crippen LogP contribution in [0.15, 0.2) is 0 Å². The van der Waals surface area contributed by atoms with E-state index in [-0.39, 0.29) is 49.2 Å². The summed E-state index contributed by atoms with van der Waals surface area (Å²) in [6.07, 6.45) is 0.248. The zero-order valence-electron chi connectivity index (χ0n) is 15.5. The van der Waals surface area contributed by atoms with Crippen LogP contribution in [0.2, 0.25) is 0 Å². The third-order valence-electron chi connectivity index (χ3n) is 6.17. The van der Waals surface area contributed by atoms with Gasteiger partial charge in [-0.25, -0.2) is 0 Å². The highest BCUT2D eigenvalue weighted by Crippen LogP contribution is 2.52. The smallest absolute Gasteiger partial charge is 0.203 e. The molecule has 0 amide bonds. The Kier molecular flexibility index (Phi) is 3.93. The summed E-state index contributed by atoms with van der Waals surface area (Å²) in [6, 6.07) is 0. The molecule has 6 aliphatic heterocycles. The Hall–Kier alpha value is -0.360. The molecule has 6 heterocycles. The van der Waals surface area contributed by atoms with E-state index in [9.17, 15) is 0 Å². The average Bonchev–Trinajstić information content (AvgIpc) is 3.52. The molecule has 6 rings (SSSR count). The second-order valence-electron chi connectivity index (χ2n) is 8.28. The molecule has 9 nitrogen and oxygen atoms in total. The van der Waals surface area contributed by atoms with Gasteiger partial charge >= 0.3 is 0 Å². The molecule has 0 radical (unpaired) electrons. The highest BCUT2D eigenvalue weighted by atomic mass is 16.9. The number of epoxide rings is 2. The van der Waals surface area contributed by atoms with Crippen molar-refractivity contribution in [1.82, 2.24) is 0 Å². The number of ether oxygens (including phenoxy) is 9. The van der Waals surface area contributed by atoms with E-state index in [1.165, 1.54) is 0 Å². The molecule has 152 valence electrons. The molecule has 0 aromatic rings. The molecule has 9 heteroatoms. The maximum atomic E-state index is 6.10. The van der Waals surface area contributed by atoms with E-state index in [0.717, 1.165) is 0 Å². The summed E-state index contributed by atoms with van der Waals surface area (Å²) < 4.78 is 52.9. The molecule has 10 atom stereocenters. The van der Waals surface area contributed by atoms with Gasteiger partial charge in [0.1, 0.15) is 24.4 Å². The van der Waals surface area contributed by atoms with Crippen molar-refractivity contribution in [3.8, 4) is 0 Å². The third-order valence-corrected chi connectivity index (χ3v) is 6.17. The van der Waals surface area contributed by atoms with Crippen LogP contribution in [-0.2, 0) is 42.6 Å². The van der Waals surface area contributed by atoms with E-state index >= 15 is 0 Å². The van der Waals surface area contributed by atoms with Gasteiger partial charge in [-0.05, 0) is 13.8 Å². The van der Waals surface area contributed by atoms with Gasteiger partial charge in [0.05, 0.1) is 38.6 Å². The first-order chi connectivity index (χ1) is 13.1. The third kappa shape index (κ3) is 2.95. The molecule has 6 fully saturated rings. The topological polar surface area (TPSA) is 89.7 Å². The molecule has 0 unspecified atom stereocenters. The van der Waals surface area contributed by atoms with E-state index in [1.807, 2.05) is 13.8 Å². The van der Waals surface area contributed by atoms with Gasteiger partial charge in [0, 0.05) is 12.8 Å². The maximum Gasteiger partial charge on any atom is 0.203 e. The summed E-state index contributed by atoms with van der Waals surface area (Å²) in [7, 11) is 0. The number of rotatable bonds is 4. The number of hydrogen-bond donors (Lipinski definition) is 0. The van der Waals surface area contributed by atoms with Crippen molar-refractivity contribution < 1.29 is 42.6 Å². The van der Waals surface area contributed by atoms with E-state index in [0.29, 0.717) is 39.3 Å². The number of fused-ring (bicyclic) bond motifs is 2. The Balaban J connectivity index is 1.05. The van der Waals surface area contributed by atoms with Crippen molar-refractivity contribution in [3.05, 3.63) is 0 Å². The fourth-order valence-corrected chi connectivity index (χ4v) is 4.93. The van der Waals surface area contributed by atoms with Gasteiger partial charge in [-0.2, -0.15) is 0 Å². The summed E-state index contributed by atoms with van der Waals surface area (Å²) in [5.41, 5.74) is 0. The van der Waals surface area contributed by atoms with Crippen LogP contribution in [0.1, 0.15) is 26.7 Å². The molecule has 0 saturated carbocycles. The van der Waals surface area contributed by atoms with E-state index in [2.05, 4.69) is 0 Å². The van der Waals surface area contributed by atoms with Crippen molar-refractivity contribution in [1.29, 1.82) is 0 Å². The molecule has 6 aliphatic rings. The predicted molar refractivity (Wildman–Crippen MR) is 85.6 cm³/mol. The van der Waals surface area contributed by atoms with Crippen LogP contribution < -0.4 is 0 Å². The van der Waals surface area contributed by atoms with Gasteiger partial charge in [0.15, 0.2) is 12.6 Å². The van der Waals surface area contributed by atoms with E-state index in [4.69, 9.17) is 42.6 Å². The second kappa shape index (κ2) is 6.07. The highest BCUT2D eigenvalue weighted by Gasteiger charge is 2.69. The quantitative estimate of drug-likeness (QED) is 0.633. The minimum Gasteiger partial charge on any atom is -0.376 e. The zero-order chi connectivity index (χ0) is 18.2. The minimum atomic E-state index is -0.561. The van der Waals surface area contributed by atoms with E-state index in [1.54, 1.807) is 0 Å². The lowest BCUT2D eigenvalue weighted by atomic mass is 10.0. The highest BCUT2D eigenvalue weighted by molar-refractivity contribution is 5.07. The summed E-state index contributed by atoms with van der Waals surface area (Å²) in [5, 5.41) is 0. The van der Waals surface area contributed by atoms with Crippen LogP contribution in [0.4, 0.5) is 0 Å². The summed E-state index contributed by atoms with van der Waals surface area (Å²) in [4.78, 5) is 0. The fourth-order valence-electron chi connectivity index (χ4n) is 4.93. The molecule has 6 saturated heterocycles. The van der Waals surface area contributed by atoms with Crippen LogP contribution in [0.25, 0.3) is 0 Å². The molecular formula is C18H26O9. The van der Waals surface area contributed by atoms with Crippen LogP contribution in [0.3, 0.4) is 0 Å². The fraction of sp³-hybridized carbons (Fsp3) is 1.00. The lowest BCUT2D eigenvalue weighted by Gasteiger charge is -2.30. The first kappa shape index (κ1) is 17.5. The molecule has 27 heavy (non-hydrogen) atoms. The normalized spacial score (nSPS) is 58.4. The molecular weight excluding hydrogens is 360 g/mol. The van der Waals surface area contributed by atoms with E-state index < -0.39 is 11.6 Å². The molecule has 0 aromatic carbocycles. The zero-order valence-corrected chi connectivity index (χ0v) is 15.5. The molecule has 0 N–H and O–H groups in total. The van der Waals surface area contributed by atoms with Crippen molar-refractivity contribution in [2.75, 3.05) is 26.4 Å². The Morgan fingerprint density at radius 2 is 1.22 bits per heavy atom. The standard InChI is InChI=1S/C18H26O9/c1-9-20-5-11-3-17(24-9)15(26-17)13(22-11)7-19-8-14-16-18(27-16)4-12(23-14)6-21-10(2)25-18/h9-16H,3-8H2,1-2H3/t9-,10+,11+,12-,13+,14-,15+,16-,17-,18-/m0/s1. The van der Waals surface area contributed by atoms with Crippen molar-refractivity contribution >= 4 is 0 Å². The monoisotopic (exact) mass is 386 g/mol. The van der Waals surface area contributed by atoms with Crippen LogP contribution in [0, 0.1) is 0 Å². The molecule has 4 bridgehead atoms. The number of hydrogen-bond acceptors (Lipinski definition) is 9. The average molecular weight is 386 g/mol. The second-order valence-corrected chi connectivity index (χ2v) is 8.28. The van der Waals surface area contributed by atoms with Gasteiger partial charge in [0.2, 0.25) is 11.6 Å². The Bertz CT molecular complexity index is 545. The van der Waals surface area contributed by atoms with Gasteiger partial charge in [0.25, 0.3) is 0 Å². The van der Waals surface area contributed by atoms with Crippen molar-refractivity contribution in [2.45, 2.75) is 87.5 Å². The predicted octanol–water partition coefficient (Wildman–Crippen LogP) is 0.294. The first-order valence-corrected chi connectivity index (χ1v) is 9.88. The largest absolute Gasteiger partial charge is 0.376 e. The van der Waals surface area contributed by atoms with Gasteiger partial charge in [-0.3, -0.25) is 0 Å². The molecule has 0 aromatic heterocycles. The molecule has 2 spiro atoms. The Morgan fingerprint density at radius 3 is 1.70 bits per heavy atom. The summed E-state index contributed by atoms with van der Waals surface area (Å²) in [5.74, 6) is -1.12. The minimum absolute atomic E-state index is 0.0295. The van der Waals surface area contributed by atoms with Gasteiger partial charge in [-0.15, -0.1) is 0 Å². The van der Waals surface area contributed by atoms with Gasteiger partial charge < -0.3 is 42.6 Å². The molecule has 0 aliphatic carbocycles. The lowest BCUT2D eigenvalue weighted by molar-refractivity contribution is -0.180. The van der Waals surface area contributed by atoms with Crippen LogP contribution in [0.5, 0.6) is 0 Å². The Morgan fingerprint density at radius 1 is 0.741 bits per heavy atom. The SMILES string of the molecule is C[C@@H]1OC[C@@H]2C[C@]3(O1)O[C@H]3[C@H](COC[C@H]1O[C@H]3CO[C@H](C)O[C@@]4(C3)O[C@H]14)O2. The summed E-state index contributed by atoms with van der Waals surface area (Å²) >= 11 is 0. The van der Waals surface area contributed by atoms with Crippen LogP contribution in [-0.4, -0.2) is 87.2 Å². The lowest BCUT2D eigenvalue weighted by Crippen LogP contribution is -2.45. The first-order valence-electron chi connectivity index (χ1n) is 9.88.